The summed E-state index contributed by atoms with van der Waals surface area (Å²) in [5, 5.41) is 0. The topological polar surface area (TPSA) is 53.7 Å². The van der Waals surface area contributed by atoms with E-state index < -0.39 is 0 Å². The Morgan fingerprint density at radius 1 is 1.08 bits per heavy atom. The highest BCUT2D eigenvalue weighted by atomic mass is 16.6. The van der Waals surface area contributed by atoms with E-state index in [4.69, 9.17) is 15.4 Å². The second-order valence-corrected chi connectivity index (χ2v) is 2.11. The fourth-order valence-electron chi connectivity index (χ4n) is 0.950. The lowest BCUT2D eigenvalue weighted by Gasteiger charge is -2.09. The van der Waals surface area contributed by atoms with Crippen molar-refractivity contribution in [1.82, 2.24) is 0 Å². The summed E-state index contributed by atoms with van der Waals surface area (Å²) >= 11 is 0. The van der Waals surface area contributed by atoms with E-state index in [2.05, 4.69) is 4.84 Å². The van der Waals surface area contributed by atoms with Crippen LogP contribution in [0, 0.1) is 0 Å². The highest BCUT2D eigenvalue weighted by molar-refractivity contribution is 5.50. The molecule has 0 aliphatic heterocycles. The predicted octanol–water partition coefficient (Wildman–Crippen LogP) is 0.956. The quantitative estimate of drug-likeness (QED) is 0.684. The van der Waals surface area contributed by atoms with Gasteiger partial charge >= 0.3 is 0 Å². The first-order valence-electron chi connectivity index (χ1n) is 3.41. The summed E-state index contributed by atoms with van der Waals surface area (Å²) in [6, 6.07) is 5.23. The molecule has 0 spiro atoms. The zero-order valence-corrected chi connectivity index (χ0v) is 7.03. The summed E-state index contributed by atoms with van der Waals surface area (Å²) in [6.45, 7) is 0. The Hall–Kier alpha value is -1.42. The minimum absolute atomic E-state index is 0.455. The molecule has 0 aliphatic carbocycles. The number of benzene rings is 1. The van der Waals surface area contributed by atoms with Crippen molar-refractivity contribution in [3.05, 3.63) is 18.2 Å². The predicted molar refractivity (Wildman–Crippen MR) is 44.4 cm³/mol. The van der Waals surface area contributed by atoms with Gasteiger partial charge in [-0.25, -0.2) is 0 Å². The molecule has 2 N–H and O–H groups in total. The largest absolute Gasteiger partial charge is 0.493 e. The molecule has 1 aromatic rings. The van der Waals surface area contributed by atoms with Crippen molar-refractivity contribution < 1.29 is 14.3 Å². The van der Waals surface area contributed by atoms with E-state index in [1.807, 2.05) is 0 Å². The molecule has 0 fully saturated rings. The normalized spacial score (nSPS) is 9.25. The maximum absolute atomic E-state index is 5.03. The third-order valence-corrected chi connectivity index (χ3v) is 1.49. The van der Waals surface area contributed by atoms with Gasteiger partial charge in [-0.15, -0.1) is 0 Å². The summed E-state index contributed by atoms with van der Waals surface area (Å²) in [4.78, 5) is 4.57. The van der Waals surface area contributed by atoms with Crippen LogP contribution in [-0.2, 0) is 0 Å². The molecule has 0 amide bonds. The molecule has 4 heteroatoms. The molecule has 0 bridgehead atoms. The molecule has 0 saturated carbocycles. The van der Waals surface area contributed by atoms with Gasteiger partial charge in [0.2, 0.25) is 5.75 Å². The van der Waals surface area contributed by atoms with Crippen molar-refractivity contribution in [3.63, 3.8) is 0 Å². The molecule has 12 heavy (non-hydrogen) atoms. The molecule has 0 saturated heterocycles. The van der Waals surface area contributed by atoms with Crippen LogP contribution < -0.4 is 20.2 Å². The van der Waals surface area contributed by atoms with Crippen LogP contribution in [0.4, 0.5) is 0 Å². The summed E-state index contributed by atoms with van der Waals surface area (Å²) in [5.41, 5.74) is 0. The van der Waals surface area contributed by atoms with Gasteiger partial charge in [0.25, 0.3) is 0 Å². The van der Waals surface area contributed by atoms with Crippen LogP contribution in [0.25, 0.3) is 0 Å². The van der Waals surface area contributed by atoms with E-state index in [1.54, 1.807) is 25.3 Å². The van der Waals surface area contributed by atoms with Crippen molar-refractivity contribution in [3.8, 4) is 17.2 Å². The highest BCUT2D eigenvalue weighted by Crippen LogP contribution is 2.35. The van der Waals surface area contributed by atoms with Gasteiger partial charge in [-0.2, -0.15) is 5.90 Å². The first-order valence-corrected chi connectivity index (χ1v) is 3.41. The molecule has 0 aliphatic rings. The fourth-order valence-corrected chi connectivity index (χ4v) is 0.950. The standard InChI is InChI=1S/C8H11NO3/c1-10-6-4-3-5-7(12-9)8(6)11-2/h3-5H,9H2,1-2H3. The van der Waals surface area contributed by atoms with Crippen molar-refractivity contribution in [2.24, 2.45) is 5.90 Å². The zero-order chi connectivity index (χ0) is 8.97. The average molecular weight is 169 g/mol. The maximum atomic E-state index is 5.03. The Morgan fingerprint density at radius 2 is 1.75 bits per heavy atom. The van der Waals surface area contributed by atoms with Gasteiger partial charge in [-0.1, -0.05) is 6.07 Å². The van der Waals surface area contributed by atoms with Crippen molar-refractivity contribution in [1.29, 1.82) is 0 Å². The minimum Gasteiger partial charge on any atom is -0.493 e. The van der Waals surface area contributed by atoms with Crippen molar-refractivity contribution in [2.75, 3.05) is 14.2 Å². The van der Waals surface area contributed by atoms with Crippen LogP contribution in [0.5, 0.6) is 17.2 Å². The Bertz CT molecular complexity index is 240. The first-order chi connectivity index (χ1) is 5.83. The second-order valence-electron chi connectivity index (χ2n) is 2.11. The number of hydrogen-bond acceptors (Lipinski definition) is 4. The molecule has 66 valence electrons. The number of nitrogens with two attached hydrogens (primary N) is 1. The molecule has 0 unspecified atom stereocenters. The highest BCUT2D eigenvalue weighted by Gasteiger charge is 2.08. The Balaban J connectivity index is 3.13. The van der Waals surface area contributed by atoms with Crippen LogP contribution in [0.2, 0.25) is 0 Å². The van der Waals surface area contributed by atoms with Crippen LogP contribution in [0.15, 0.2) is 18.2 Å². The number of methoxy groups -OCH3 is 2. The lowest BCUT2D eigenvalue weighted by Crippen LogP contribution is -2.04. The van der Waals surface area contributed by atoms with Gasteiger partial charge in [0.05, 0.1) is 14.2 Å². The number of hydrogen-bond donors (Lipinski definition) is 1. The molecule has 4 nitrogen and oxygen atoms in total. The molecule has 1 aromatic carbocycles. The summed E-state index contributed by atoms with van der Waals surface area (Å²) in [7, 11) is 3.08. The van der Waals surface area contributed by atoms with E-state index in [1.165, 1.54) is 7.11 Å². The minimum atomic E-state index is 0.455. The molecular weight excluding hydrogens is 158 g/mol. The molecule has 0 radical (unpaired) electrons. The molecular formula is C8H11NO3. The summed E-state index contributed by atoms with van der Waals surface area (Å²) in [6.07, 6.45) is 0. The van der Waals surface area contributed by atoms with E-state index in [0.29, 0.717) is 17.2 Å². The van der Waals surface area contributed by atoms with E-state index in [-0.39, 0.29) is 0 Å². The Labute approximate surface area is 70.8 Å². The zero-order valence-electron chi connectivity index (χ0n) is 7.03. The maximum Gasteiger partial charge on any atom is 0.205 e. The van der Waals surface area contributed by atoms with E-state index in [9.17, 15) is 0 Å². The van der Waals surface area contributed by atoms with Gasteiger partial charge in [0.1, 0.15) is 0 Å². The molecule has 0 aromatic heterocycles. The summed E-state index contributed by atoms with van der Waals surface area (Å²) < 4.78 is 10.0. The van der Waals surface area contributed by atoms with E-state index >= 15 is 0 Å². The van der Waals surface area contributed by atoms with Crippen molar-refractivity contribution in [2.45, 2.75) is 0 Å². The first kappa shape index (κ1) is 8.67. The number of ether oxygens (including phenoxy) is 2. The van der Waals surface area contributed by atoms with Gasteiger partial charge in [-0.3, -0.25) is 0 Å². The van der Waals surface area contributed by atoms with E-state index in [0.717, 1.165) is 0 Å². The van der Waals surface area contributed by atoms with Crippen LogP contribution >= 0.6 is 0 Å². The lowest BCUT2D eigenvalue weighted by molar-refractivity contribution is 0.292. The monoisotopic (exact) mass is 169 g/mol. The van der Waals surface area contributed by atoms with Crippen molar-refractivity contribution >= 4 is 0 Å². The molecule has 0 atom stereocenters. The van der Waals surface area contributed by atoms with Crippen LogP contribution in [0.1, 0.15) is 0 Å². The lowest BCUT2D eigenvalue weighted by atomic mass is 10.3. The third-order valence-electron chi connectivity index (χ3n) is 1.49. The van der Waals surface area contributed by atoms with Crippen LogP contribution in [0.3, 0.4) is 0 Å². The van der Waals surface area contributed by atoms with Gasteiger partial charge in [0, 0.05) is 0 Å². The van der Waals surface area contributed by atoms with Gasteiger partial charge in [0.15, 0.2) is 11.5 Å². The van der Waals surface area contributed by atoms with Crippen LogP contribution in [-0.4, -0.2) is 14.2 Å². The second kappa shape index (κ2) is 3.82. The van der Waals surface area contributed by atoms with Gasteiger partial charge < -0.3 is 14.3 Å². The Morgan fingerprint density at radius 3 is 2.25 bits per heavy atom. The number of para-hydroxylation sites is 1. The smallest absolute Gasteiger partial charge is 0.205 e. The third kappa shape index (κ3) is 1.43. The molecule has 1 rings (SSSR count). The number of rotatable bonds is 3. The SMILES string of the molecule is COc1cccc(ON)c1OC. The summed E-state index contributed by atoms with van der Waals surface area (Å²) in [5.74, 6) is 6.57. The fraction of sp³-hybridized carbons (Fsp3) is 0.250. The Kier molecular flexibility index (Phi) is 2.76. The van der Waals surface area contributed by atoms with Gasteiger partial charge in [-0.05, 0) is 12.1 Å². The molecule has 0 heterocycles. The average Bonchev–Trinajstić information content (AvgIpc) is 2.16.